The Morgan fingerprint density at radius 1 is 1.50 bits per heavy atom. The van der Waals surface area contributed by atoms with Gasteiger partial charge in [0.1, 0.15) is 0 Å². The highest BCUT2D eigenvalue weighted by molar-refractivity contribution is 7.66. The summed E-state index contributed by atoms with van der Waals surface area (Å²) in [5.74, 6) is 0. The van der Waals surface area contributed by atoms with Crippen LogP contribution in [0.3, 0.4) is 0 Å². The van der Waals surface area contributed by atoms with Crippen LogP contribution < -0.4 is 4.67 Å². The molecule has 0 saturated carbocycles. The Balaban J connectivity index is 2.54. The number of nitrogens with zero attached hydrogens (tertiary/aromatic N) is 3. The van der Waals surface area contributed by atoms with Crippen LogP contribution in [0.4, 0.5) is 5.69 Å². The first-order valence-electron chi connectivity index (χ1n) is 3.84. The van der Waals surface area contributed by atoms with Crippen molar-refractivity contribution in [3.8, 4) is 0 Å². The van der Waals surface area contributed by atoms with Crippen LogP contribution in [0.5, 0.6) is 0 Å². The molecule has 0 atom stereocenters. The standard InChI is InChI=1S/C8H6ClN3S2/c1-5-2-3-10-4-6(5)11-8-7(9)12-14-13-8/h2-4H,1H3. The number of aromatic nitrogens is 2. The highest BCUT2D eigenvalue weighted by Gasteiger charge is 1.99. The average Bonchev–Trinajstić information content (AvgIpc) is 2.56. The predicted octanol–water partition coefficient (Wildman–Crippen LogP) is 2.79. The second-order valence-electron chi connectivity index (χ2n) is 2.62. The van der Waals surface area contributed by atoms with Gasteiger partial charge in [-0.15, -0.1) is 0 Å². The van der Waals surface area contributed by atoms with Crippen molar-refractivity contribution in [2.24, 2.45) is 4.99 Å². The van der Waals surface area contributed by atoms with Gasteiger partial charge in [-0.05, 0) is 28.9 Å². The maximum absolute atomic E-state index is 5.84. The van der Waals surface area contributed by atoms with Crippen LogP contribution in [0.15, 0.2) is 23.5 Å². The third-order valence-corrected chi connectivity index (χ3v) is 3.81. The topological polar surface area (TPSA) is 38.1 Å². The molecule has 2 aromatic heterocycles. The molecule has 0 N–H and O–H groups in total. The molecular weight excluding hydrogens is 238 g/mol. The maximum atomic E-state index is 5.84. The van der Waals surface area contributed by atoms with Crippen molar-refractivity contribution in [3.05, 3.63) is 33.8 Å². The molecule has 0 aliphatic carbocycles. The first-order valence-corrected chi connectivity index (χ1v) is 6.32. The molecule has 2 heterocycles. The number of hydrogen-bond donors (Lipinski definition) is 0. The van der Waals surface area contributed by atoms with E-state index in [0.717, 1.165) is 15.9 Å². The molecule has 0 aliphatic heterocycles. The lowest BCUT2D eigenvalue weighted by Crippen LogP contribution is -1.93. The van der Waals surface area contributed by atoms with E-state index in [-0.39, 0.29) is 0 Å². The van der Waals surface area contributed by atoms with Crippen molar-refractivity contribution in [2.75, 3.05) is 0 Å². The first kappa shape index (κ1) is 9.76. The number of pyridine rings is 1. The molecule has 0 aliphatic rings. The van der Waals surface area contributed by atoms with Gasteiger partial charge < -0.3 is 0 Å². The molecule has 0 fully saturated rings. The van der Waals surface area contributed by atoms with Crippen LogP contribution in [0.25, 0.3) is 0 Å². The second-order valence-corrected chi connectivity index (χ2v) is 4.81. The fourth-order valence-electron chi connectivity index (χ4n) is 0.907. The highest BCUT2D eigenvalue weighted by Crippen LogP contribution is 2.16. The van der Waals surface area contributed by atoms with Crippen molar-refractivity contribution in [1.29, 1.82) is 0 Å². The van der Waals surface area contributed by atoms with Crippen LogP contribution in [0.1, 0.15) is 5.56 Å². The second kappa shape index (κ2) is 4.16. The number of hydrogen-bond acceptors (Lipinski definition) is 5. The van der Waals surface area contributed by atoms with Gasteiger partial charge in [0, 0.05) is 16.7 Å². The third kappa shape index (κ3) is 2.00. The Morgan fingerprint density at radius 3 is 3.00 bits per heavy atom. The maximum Gasteiger partial charge on any atom is 0.179 e. The summed E-state index contributed by atoms with van der Waals surface area (Å²) in [5, 5.41) is 0.461. The van der Waals surface area contributed by atoms with Gasteiger partial charge in [-0.25, -0.2) is 4.99 Å². The predicted molar refractivity (Wildman–Crippen MR) is 59.2 cm³/mol. The van der Waals surface area contributed by atoms with Crippen molar-refractivity contribution < 1.29 is 0 Å². The Morgan fingerprint density at radius 2 is 2.36 bits per heavy atom. The molecule has 0 bridgehead atoms. The molecule has 0 amide bonds. The fraction of sp³-hybridized carbons (Fsp3) is 0.125. The zero-order chi connectivity index (χ0) is 9.97. The van der Waals surface area contributed by atoms with E-state index in [1.165, 1.54) is 20.9 Å². The zero-order valence-corrected chi connectivity index (χ0v) is 9.66. The van der Waals surface area contributed by atoms with Crippen LogP contribution in [-0.4, -0.2) is 9.36 Å². The van der Waals surface area contributed by atoms with E-state index >= 15 is 0 Å². The van der Waals surface area contributed by atoms with E-state index < -0.39 is 0 Å². The Kier molecular flexibility index (Phi) is 2.90. The van der Waals surface area contributed by atoms with Crippen LogP contribution in [0.2, 0.25) is 5.15 Å². The smallest absolute Gasteiger partial charge is 0.179 e. The molecule has 0 saturated heterocycles. The summed E-state index contributed by atoms with van der Waals surface area (Å²) in [5.41, 5.74) is 1.92. The summed E-state index contributed by atoms with van der Waals surface area (Å²) in [7, 11) is 2.79. The normalized spacial score (nSPS) is 12.0. The monoisotopic (exact) mass is 243 g/mol. The number of aryl methyl sites for hydroxylation is 1. The molecule has 6 heteroatoms. The lowest BCUT2D eigenvalue weighted by Gasteiger charge is -1.95. The lowest BCUT2D eigenvalue weighted by molar-refractivity contribution is 1.23. The molecule has 0 radical (unpaired) electrons. The van der Waals surface area contributed by atoms with Crippen LogP contribution >= 0.6 is 32.5 Å². The summed E-state index contributed by atoms with van der Waals surface area (Å²) >= 11 is 5.84. The van der Waals surface area contributed by atoms with E-state index in [9.17, 15) is 0 Å². The quantitative estimate of drug-likeness (QED) is 0.723. The van der Waals surface area contributed by atoms with Crippen molar-refractivity contribution >= 4 is 38.2 Å². The van der Waals surface area contributed by atoms with Crippen molar-refractivity contribution in [3.63, 3.8) is 0 Å². The summed E-state index contributed by atoms with van der Waals surface area (Å²) in [4.78, 5) is 8.38. The van der Waals surface area contributed by atoms with E-state index in [0.29, 0.717) is 5.15 Å². The Bertz CT molecular complexity index is 503. The number of rotatable bonds is 1. The van der Waals surface area contributed by atoms with Gasteiger partial charge in [-0.3, -0.25) is 4.98 Å². The average molecular weight is 244 g/mol. The summed E-state index contributed by atoms with van der Waals surface area (Å²) in [6.45, 7) is 1.99. The molecular formula is C8H6ClN3S2. The summed E-state index contributed by atoms with van der Waals surface area (Å²) < 4.78 is 4.70. The molecule has 2 aromatic rings. The van der Waals surface area contributed by atoms with Crippen LogP contribution in [0, 0.1) is 6.92 Å². The van der Waals surface area contributed by atoms with E-state index in [2.05, 4.69) is 14.3 Å². The minimum Gasteiger partial charge on any atom is -0.262 e. The summed E-state index contributed by atoms with van der Waals surface area (Å²) in [6.07, 6.45) is 3.46. The largest absolute Gasteiger partial charge is 0.262 e. The molecule has 3 nitrogen and oxygen atoms in total. The molecule has 14 heavy (non-hydrogen) atoms. The van der Waals surface area contributed by atoms with Crippen molar-refractivity contribution in [1.82, 2.24) is 9.36 Å². The van der Waals surface area contributed by atoms with Gasteiger partial charge >= 0.3 is 0 Å². The molecule has 0 aromatic carbocycles. The van der Waals surface area contributed by atoms with Gasteiger partial charge in [0.05, 0.1) is 11.9 Å². The van der Waals surface area contributed by atoms with Gasteiger partial charge in [0.15, 0.2) is 9.82 Å². The fourth-order valence-corrected chi connectivity index (χ4v) is 2.89. The molecule has 0 unspecified atom stereocenters. The Labute approximate surface area is 93.3 Å². The van der Waals surface area contributed by atoms with Gasteiger partial charge in [0.2, 0.25) is 0 Å². The molecule has 0 spiro atoms. The van der Waals surface area contributed by atoms with Gasteiger partial charge in [-0.1, -0.05) is 11.6 Å². The van der Waals surface area contributed by atoms with E-state index in [4.69, 9.17) is 11.6 Å². The minimum absolute atomic E-state index is 0.461. The lowest BCUT2D eigenvalue weighted by atomic mass is 10.3. The summed E-state index contributed by atoms with van der Waals surface area (Å²) in [6, 6.07) is 1.91. The van der Waals surface area contributed by atoms with Gasteiger partial charge in [-0.2, -0.15) is 4.37 Å². The van der Waals surface area contributed by atoms with Crippen molar-refractivity contribution in [2.45, 2.75) is 6.92 Å². The third-order valence-electron chi connectivity index (χ3n) is 1.64. The highest BCUT2D eigenvalue weighted by atomic mass is 35.5. The minimum atomic E-state index is 0.461. The molecule has 2 rings (SSSR count). The zero-order valence-electron chi connectivity index (χ0n) is 7.27. The molecule has 72 valence electrons. The van der Waals surface area contributed by atoms with E-state index in [1.54, 1.807) is 12.4 Å². The van der Waals surface area contributed by atoms with Gasteiger partial charge in [0.25, 0.3) is 0 Å². The van der Waals surface area contributed by atoms with Crippen LogP contribution in [-0.2, 0) is 0 Å². The SMILES string of the molecule is Cc1ccncc1N=c1ssnc1Cl. The van der Waals surface area contributed by atoms with E-state index in [1.807, 2.05) is 13.0 Å². The Hall–Kier alpha value is -0.780. The first-order chi connectivity index (χ1) is 6.77. The number of halogens is 1.